The van der Waals surface area contributed by atoms with Gasteiger partial charge in [-0.05, 0) is 61.2 Å². The molecule has 1 N–H and O–H groups in total. The Hall–Kier alpha value is -4.14. The van der Waals surface area contributed by atoms with Gasteiger partial charge in [0.2, 0.25) is 0 Å². The number of halogens is 2. The molecule has 4 aromatic rings. The van der Waals surface area contributed by atoms with Gasteiger partial charge < -0.3 is 10.1 Å². The Morgan fingerprint density at radius 1 is 1.06 bits per heavy atom. The maximum absolute atomic E-state index is 13.8. The molecular weight excluding hydrogens is 428 g/mol. The molecule has 5 rings (SSSR count). The number of nitrogens with one attached hydrogen (secondary N) is 1. The van der Waals surface area contributed by atoms with Crippen LogP contribution in [0, 0.1) is 11.6 Å². The average Bonchev–Trinajstić information content (AvgIpc) is 3.44. The van der Waals surface area contributed by atoms with Gasteiger partial charge in [-0.25, -0.2) is 18.4 Å². The number of ether oxygens (including phenoxy) is 1. The van der Waals surface area contributed by atoms with Crippen molar-refractivity contribution in [2.45, 2.75) is 25.9 Å². The van der Waals surface area contributed by atoms with E-state index in [4.69, 9.17) is 4.74 Å². The van der Waals surface area contributed by atoms with Gasteiger partial charge in [-0.1, -0.05) is 0 Å². The minimum Gasteiger partial charge on any atom is -0.485 e. The van der Waals surface area contributed by atoms with Gasteiger partial charge in [0.1, 0.15) is 6.61 Å². The Morgan fingerprint density at radius 2 is 1.91 bits per heavy atom. The van der Waals surface area contributed by atoms with E-state index in [0.717, 1.165) is 35.4 Å². The lowest BCUT2D eigenvalue weighted by molar-refractivity contribution is 0.102. The predicted octanol–water partition coefficient (Wildman–Crippen LogP) is 4.26. The van der Waals surface area contributed by atoms with E-state index in [1.807, 2.05) is 12.1 Å². The molecule has 7 nitrogen and oxygen atoms in total. The molecule has 1 aliphatic carbocycles. The Kier molecular flexibility index (Phi) is 5.52. The number of carbonyl (C=O) groups excluding carboxylic acids is 1. The molecule has 0 atom stereocenters. The van der Waals surface area contributed by atoms with E-state index in [0.29, 0.717) is 24.3 Å². The Morgan fingerprint density at radius 3 is 2.73 bits per heavy atom. The SMILES string of the molecule is O=C(Nc1ncccc1OCc1ccncc1)c1nn(-c2ccc(F)c(F)c2)c2c1CCC2. The van der Waals surface area contributed by atoms with E-state index < -0.39 is 17.5 Å². The molecule has 0 bridgehead atoms. The maximum Gasteiger partial charge on any atom is 0.277 e. The van der Waals surface area contributed by atoms with Crippen LogP contribution in [0.4, 0.5) is 14.6 Å². The number of carbonyl (C=O) groups is 1. The number of nitrogens with zero attached hydrogens (tertiary/aromatic N) is 4. The summed E-state index contributed by atoms with van der Waals surface area (Å²) < 4.78 is 34.5. The number of aromatic nitrogens is 4. The highest BCUT2D eigenvalue weighted by molar-refractivity contribution is 6.04. The molecule has 3 aromatic heterocycles. The summed E-state index contributed by atoms with van der Waals surface area (Å²) in [6.45, 7) is 0.289. The lowest BCUT2D eigenvalue weighted by Gasteiger charge is -2.11. The minimum atomic E-state index is -0.967. The largest absolute Gasteiger partial charge is 0.485 e. The third-order valence-corrected chi connectivity index (χ3v) is 5.44. The first kappa shape index (κ1) is 20.7. The maximum atomic E-state index is 13.8. The fraction of sp³-hybridized carbons (Fsp3) is 0.167. The highest BCUT2D eigenvalue weighted by atomic mass is 19.2. The molecule has 9 heteroatoms. The highest BCUT2D eigenvalue weighted by Crippen LogP contribution is 2.30. The first-order chi connectivity index (χ1) is 16.1. The van der Waals surface area contributed by atoms with Crippen LogP contribution in [0.25, 0.3) is 5.69 Å². The number of rotatable bonds is 6. The topological polar surface area (TPSA) is 81.9 Å². The summed E-state index contributed by atoms with van der Waals surface area (Å²) >= 11 is 0. The molecular formula is C24H19F2N5O2. The molecule has 3 heterocycles. The summed E-state index contributed by atoms with van der Waals surface area (Å²) in [6.07, 6.45) is 7.12. The first-order valence-electron chi connectivity index (χ1n) is 10.4. The average molecular weight is 447 g/mol. The van der Waals surface area contributed by atoms with E-state index in [2.05, 4.69) is 20.4 Å². The van der Waals surface area contributed by atoms with Gasteiger partial charge in [0, 0.05) is 35.9 Å². The first-order valence-corrected chi connectivity index (χ1v) is 10.4. The smallest absolute Gasteiger partial charge is 0.277 e. The van der Waals surface area contributed by atoms with Crippen LogP contribution in [0.3, 0.4) is 0 Å². The Balaban J connectivity index is 1.40. The number of hydrogen-bond donors (Lipinski definition) is 1. The van der Waals surface area contributed by atoms with Gasteiger partial charge in [0.05, 0.1) is 5.69 Å². The number of pyridine rings is 2. The summed E-state index contributed by atoms with van der Waals surface area (Å²) in [6, 6.07) is 10.7. The van der Waals surface area contributed by atoms with Gasteiger partial charge in [0.25, 0.3) is 5.91 Å². The van der Waals surface area contributed by atoms with Crippen molar-refractivity contribution in [3.05, 3.63) is 95.2 Å². The van der Waals surface area contributed by atoms with Crippen molar-refractivity contribution in [1.82, 2.24) is 19.7 Å². The number of anilines is 1. The Labute approximate surface area is 188 Å². The lowest BCUT2D eigenvalue weighted by atomic mass is 10.2. The van der Waals surface area contributed by atoms with E-state index in [9.17, 15) is 13.6 Å². The van der Waals surface area contributed by atoms with Gasteiger partial charge >= 0.3 is 0 Å². The summed E-state index contributed by atoms with van der Waals surface area (Å²) in [5.74, 6) is -1.66. The summed E-state index contributed by atoms with van der Waals surface area (Å²) in [5.41, 5.74) is 3.14. The number of amides is 1. The zero-order chi connectivity index (χ0) is 22.8. The van der Waals surface area contributed by atoms with Crippen molar-refractivity contribution < 1.29 is 18.3 Å². The molecule has 33 heavy (non-hydrogen) atoms. The van der Waals surface area contributed by atoms with E-state index in [1.165, 1.54) is 10.7 Å². The van der Waals surface area contributed by atoms with Crippen molar-refractivity contribution in [1.29, 1.82) is 0 Å². The second-order valence-electron chi connectivity index (χ2n) is 7.59. The second kappa shape index (κ2) is 8.78. The lowest BCUT2D eigenvalue weighted by Crippen LogP contribution is -2.16. The van der Waals surface area contributed by atoms with Crippen molar-refractivity contribution in [3.8, 4) is 11.4 Å². The fourth-order valence-corrected chi connectivity index (χ4v) is 3.86. The molecule has 0 saturated heterocycles. The van der Waals surface area contributed by atoms with Gasteiger partial charge in [-0.2, -0.15) is 5.10 Å². The molecule has 1 aromatic carbocycles. The molecule has 166 valence electrons. The summed E-state index contributed by atoms with van der Waals surface area (Å²) in [4.78, 5) is 21.4. The molecule has 0 fully saturated rings. The third kappa shape index (κ3) is 4.17. The normalized spacial score (nSPS) is 12.4. The van der Waals surface area contributed by atoms with Crippen LogP contribution >= 0.6 is 0 Å². The molecule has 0 spiro atoms. The molecule has 0 aliphatic heterocycles. The van der Waals surface area contributed by atoms with Crippen LogP contribution in [0.5, 0.6) is 5.75 Å². The summed E-state index contributed by atoms with van der Waals surface area (Å²) in [5, 5.41) is 7.21. The van der Waals surface area contributed by atoms with Crippen LogP contribution in [-0.4, -0.2) is 25.7 Å². The van der Waals surface area contributed by atoms with Crippen LogP contribution in [0.2, 0.25) is 0 Å². The van der Waals surface area contributed by atoms with Crippen molar-refractivity contribution in [3.63, 3.8) is 0 Å². The van der Waals surface area contributed by atoms with Crippen LogP contribution in [-0.2, 0) is 19.4 Å². The quantitative estimate of drug-likeness (QED) is 0.478. The van der Waals surface area contributed by atoms with Crippen LogP contribution in [0.1, 0.15) is 33.7 Å². The van der Waals surface area contributed by atoms with Gasteiger partial charge in [-0.3, -0.25) is 9.78 Å². The molecule has 1 aliphatic rings. The summed E-state index contributed by atoms with van der Waals surface area (Å²) in [7, 11) is 0. The number of fused-ring (bicyclic) bond motifs is 1. The number of hydrogen-bond acceptors (Lipinski definition) is 5. The van der Waals surface area contributed by atoms with Crippen LogP contribution < -0.4 is 10.1 Å². The molecule has 0 unspecified atom stereocenters. The Bertz CT molecular complexity index is 1320. The zero-order valence-corrected chi connectivity index (χ0v) is 17.5. The zero-order valence-electron chi connectivity index (χ0n) is 17.5. The van der Waals surface area contributed by atoms with Crippen molar-refractivity contribution >= 4 is 11.7 Å². The van der Waals surface area contributed by atoms with Crippen LogP contribution in [0.15, 0.2) is 61.1 Å². The molecule has 1 amide bonds. The van der Waals surface area contributed by atoms with Gasteiger partial charge in [0.15, 0.2) is 28.9 Å². The van der Waals surface area contributed by atoms with Gasteiger partial charge in [-0.15, -0.1) is 0 Å². The third-order valence-electron chi connectivity index (χ3n) is 5.44. The monoisotopic (exact) mass is 447 g/mol. The second-order valence-corrected chi connectivity index (χ2v) is 7.59. The van der Waals surface area contributed by atoms with E-state index >= 15 is 0 Å². The predicted molar refractivity (Wildman–Crippen MR) is 116 cm³/mol. The standard InChI is InChI=1S/C24H19F2N5O2/c25-18-7-6-16(13-19(18)26)31-20-4-1-3-17(20)22(30-31)24(32)29-23-21(5-2-10-28-23)33-14-15-8-11-27-12-9-15/h2,5-13H,1,3-4,14H2,(H,28,29,32). The minimum absolute atomic E-state index is 0.234. The highest BCUT2D eigenvalue weighted by Gasteiger charge is 2.28. The van der Waals surface area contributed by atoms with Crippen molar-refractivity contribution in [2.24, 2.45) is 0 Å². The van der Waals surface area contributed by atoms with E-state index in [-0.39, 0.29) is 18.1 Å². The van der Waals surface area contributed by atoms with E-state index in [1.54, 1.807) is 30.7 Å². The van der Waals surface area contributed by atoms with Crippen molar-refractivity contribution in [2.75, 3.05) is 5.32 Å². The fourth-order valence-electron chi connectivity index (χ4n) is 3.86. The number of benzene rings is 1. The molecule has 0 radical (unpaired) electrons. The molecule has 0 saturated carbocycles.